The monoisotopic (exact) mass is 226 g/mol. The number of hydrogen-bond donors (Lipinski definition) is 2. The Morgan fingerprint density at radius 2 is 1.94 bits per heavy atom. The molecule has 0 radical (unpaired) electrons. The molecular weight excluding hydrogens is 207 g/mol. The standard InChI is InChI=1S/C13H19FO2/c1-5-13(4,16)12(15)11-9(3)6-8(2)7-10(11)14/h6-7,12,15-16H,5H2,1-4H3. The van der Waals surface area contributed by atoms with Crippen molar-refractivity contribution in [1.29, 1.82) is 0 Å². The van der Waals surface area contributed by atoms with E-state index in [0.717, 1.165) is 5.56 Å². The highest BCUT2D eigenvalue weighted by molar-refractivity contribution is 5.34. The van der Waals surface area contributed by atoms with Gasteiger partial charge in [-0.05, 0) is 44.4 Å². The molecule has 0 aliphatic heterocycles. The molecule has 0 spiro atoms. The topological polar surface area (TPSA) is 40.5 Å². The van der Waals surface area contributed by atoms with Gasteiger partial charge in [-0.25, -0.2) is 4.39 Å². The van der Waals surface area contributed by atoms with Gasteiger partial charge in [0.05, 0.1) is 5.60 Å². The molecule has 1 aromatic carbocycles. The van der Waals surface area contributed by atoms with Crippen LogP contribution >= 0.6 is 0 Å². The largest absolute Gasteiger partial charge is 0.387 e. The maximum atomic E-state index is 13.8. The SMILES string of the molecule is CCC(C)(O)C(O)c1c(C)cc(C)cc1F. The van der Waals surface area contributed by atoms with Crippen molar-refractivity contribution in [3.8, 4) is 0 Å². The van der Waals surface area contributed by atoms with E-state index in [1.54, 1.807) is 26.8 Å². The van der Waals surface area contributed by atoms with Crippen LogP contribution in [-0.4, -0.2) is 15.8 Å². The summed E-state index contributed by atoms with van der Waals surface area (Å²) in [5.41, 5.74) is 0.360. The summed E-state index contributed by atoms with van der Waals surface area (Å²) in [6.07, 6.45) is -0.834. The maximum absolute atomic E-state index is 13.8. The molecular formula is C13H19FO2. The Kier molecular flexibility index (Phi) is 3.71. The molecule has 0 aliphatic carbocycles. The molecule has 2 N–H and O–H groups in total. The van der Waals surface area contributed by atoms with E-state index in [1.165, 1.54) is 13.0 Å². The summed E-state index contributed by atoms with van der Waals surface area (Å²) in [6.45, 7) is 6.80. The number of aliphatic hydroxyl groups is 2. The quantitative estimate of drug-likeness (QED) is 0.831. The maximum Gasteiger partial charge on any atom is 0.129 e. The van der Waals surface area contributed by atoms with Crippen LogP contribution in [0.25, 0.3) is 0 Å². The van der Waals surface area contributed by atoms with Gasteiger partial charge < -0.3 is 10.2 Å². The minimum absolute atomic E-state index is 0.192. The van der Waals surface area contributed by atoms with Crippen LogP contribution in [0.4, 0.5) is 4.39 Å². The lowest BCUT2D eigenvalue weighted by molar-refractivity contribution is -0.0676. The number of halogens is 1. The molecule has 90 valence electrons. The molecule has 2 atom stereocenters. The van der Waals surface area contributed by atoms with E-state index in [9.17, 15) is 14.6 Å². The second-order valence-electron chi connectivity index (χ2n) is 4.59. The lowest BCUT2D eigenvalue weighted by Crippen LogP contribution is -2.33. The highest BCUT2D eigenvalue weighted by Crippen LogP contribution is 2.32. The first-order valence-corrected chi connectivity index (χ1v) is 5.46. The predicted octanol–water partition coefficient (Wildman–Crippen LogP) is 2.64. The van der Waals surface area contributed by atoms with Crippen LogP contribution in [0.5, 0.6) is 0 Å². The van der Waals surface area contributed by atoms with E-state index in [4.69, 9.17) is 0 Å². The zero-order chi connectivity index (χ0) is 12.5. The van der Waals surface area contributed by atoms with Gasteiger partial charge in [-0.1, -0.05) is 13.0 Å². The molecule has 0 aromatic heterocycles. The lowest BCUT2D eigenvalue weighted by atomic mass is 9.87. The molecule has 1 rings (SSSR count). The minimum atomic E-state index is -1.30. The van der Waals surface area contributed by atoms with Gasteiger partial charge in [-0.3, -0.25) is 0 Å². The van der Waals surface area contributed by atoms with Gasteiger partial charge in [0.2, 0.25) is 0 Å². The third kappa shape index (κ3) is 2.42. The number of benzene rings is 1. The first-order valence-electron chi connectivity index (χ1n) is 5.46. The number of hydrogen-bond acceptors (Lipinski definition) is 2. The van der Waals surface area contributed by atoms with Crippen LogP contribution in [-0.2, 0) is 0 Å². The second-order valence-corrected chi connectivity index (χ2v) is 4.59. The Morgan fingerprint density at radius 3 is 2.38 bits per heavy atom. The van der Waals surface area contributed by atoms with Crippen molar-refractivity contribution in [2.75, 3.05) is 0 Å². The van der Waals surface area contributed by atoms with Gasteiger partial charge in [0, 0.05) is 5.56 Å². The molecule has 16 heavy (non-hydrogen) atoms. The Hall–Kier alpha value is -0.930. The summed E-state index contributed by atoms with van der Waals surface area (Å²) >= 11 is 0. The first-order chi connectivity index (χ1) is 7.29. The molecule has 0 bridgehead atoms. The van der Waals surface area contributed by atoms with Crippen molar-refractivity contribution in [2.45, 2.75) is 45.8 Å². The third-order valence-corrected chi connectivity index (χ3v) is 3.06. The molecule has 2 nitrogen and oxygen atoms in total. The average molecular weight is 226 g/mol. The number of rotatable bonds is 3. The van der Waals surface area contributed by atoms with Gasteiger partial charge in [0.1, 0.15) is 11.9 Å². The Bertz CT molecular complexity index is 363. The van der Waals surface area contributed by atoms with Gasteiger partial charge >= 0.3 is 0 Å². The summed E-state index contributed by atoms with van der Waals surface area (Å²) in [5, 5.41) is 20.0. The van der Waals surface area contributed by atoms with E-state index in [0.29, 0.717) is 12.0 Å². The third-order valence-electron chi connectivity index (χ3n) is 3.06. The second kappa shape index (κ2) is 4.52. The zero-order valence-electron chi connectivity index (χ0n) is 10.2. The van der Waals surface area contributed by atoms with Crippen molar-refractivity contribution in [1.82, 2.24) is 0 Å². The molecule has 0 amide bonds. The summed E-state index contributed by atoms with van der Waals surface area (Å²) < 4.78 is 13.8. The molecule has 1 aromatic rings. The van der Waals surface area contributed by atoms with Crippen molar-refractivity contribution < 1.29 is 14.6 Å². The normalized spacial score (nSPS) is 16.9. The molecule has 3 heteroatoms. The summed E-state index contributed by atoms with van der Waals surface area (Å²) in [5.74, 6) is -0.460. The van der Waals surface area contributed by atoms with Crippen molar-refractivity contribution in [2.24, 2.45) is 0 Å². The zero-order valence-corrected chi connectivity index (χ0v) is 10.2. The smallest absolute Gasteiger partial charge is 0.129 e. The van der Waals surface area contributed by atoms with Gasteiger partial charge in [0.15, 0.2) is 0 Å². The highest BCUT2D eigenvalue weighted by atomic mass is 19.1. The fourth-order valence-electron chi connectivity index (χ4n) is 1.78. The van der Waals surface area contributed by atoms with Gasteiger partial charge in [-0.2, -0.15) is 0 Å². The van der Waals surface area contributed by atoms with Crippen LogP contribution in [0.2, 0.25) is 0 Å². The van der Waals surface area contributed by atoms with E-state index in [-0.39, 0.29) is 5.56 Å². The van der Waals surface area contributed by atoms with E-state index >= 15 is 0 Å². The lowest BCUT2D eigenvalue weighted by Gasteiger charge is -2.29. The Balaban J connectivity index is 3.24. The summed E-state index contributed by atoms with van der Waals surface area (Å²) in [7, 11) is 0. The van der Waals surface area contributed by atoms with Crippen LogP contribution < -0.4 is 0 Å². The molecule has 0 heterocycles. The van der Waals surface area contributed by atoms with E-state index < -0.39 is 17.5 Å². The van der Waals surface area contributed by atoms with Gasteiger partial charge in [-0.15, -0.1) is 0 Å². The summed E-state index contributed by atoms with van der Waals surface area (Å²) in [6, 6.07) is 3.17. The average Bonchev–Trinajstić information content (AvgIpc) is 2.15. The highest BCUT2D eigenvalue weighted by Gasteiger charge is 2.32. The van der Waals surface area contributed by atoms with Crippen LogP contribution in [0, 0.1) is 19.7 Å². The fraction of sp³-hybridized carbons (Fsp3) is 0.538. The minimum Gasteiger partial charge on any atom is -0.387 e. The summed E-state index contributed by atoms with van der Waals surface area (Å²) in [4.78, 5) is 0. The Morgan fingerprint density at radius 1 is 1.38 bits per heavy atom. The first kappa shape index (κ1) is 13.1. The van der Waals surface area contributed by atoms with E-state index in [1.807, 2.05) is 0 Å². The molecule has 0 saturated carbocycles. The van der Waals surface area contributed by atoms with Crippen LogP contribution in [0.3, 0.4) is 0 Å². The van der Waals surface area contributed by atoms with Crippen molar-refractivity contribution in [3.63, 3.8) is 0 Å². The van der Waals surface area contributed by atoms with Crippen molar-refractivity contribution >= 4 is 0 Å². The number of aryl methyl sites for hydroxylation is 2. The fourth-order valence-corrected chi connectivity index (χ4v) is 1.78. The van der Waals surface area contributed by atoms with Crippen molar-refractivity contribution in [3.05, 3.63) is 34.6 Å². The molecule has 0 saturated heterocycles. The van der Waals surface area contributed by atoms with Crippen LogP contribution in [0.1, 0.15) is 43.1 Å². The molecule has 0 aliphatic rings. The molecule has 2 unspecified atom stereocenters. The molecule has 0 fully saturated rings. The number of aliphatic hydroxyl groups excluding tert-OH is 1. The van der Waals surface area contributed by atoms with Gasteiger partial charge in [0.25, 0.3) is 0 Å². The van der Waals surface area contributed by atoms with E-state index in [2.05, 4.69) is 0 Å². The van der Waals surface area contributed by atoms with Crippen LogP contribution in [0.15, 0.2) is 12.1 Å². The Labute approximate surface area is 95.7 Å². The predicted molar refractivity (Wildman–Crippen MR) is 61.7 cm³/mol.